The lowest BCUT2D eigenvalue weighted by Gasteiger charge is -2.46. The summed E-state index contributed by atoms with van der Waals surface area (Å²) in [5, 5.41) is 4.24. The van der Waals surface area contributed by atoms with E-state index in [0.29, 0.717) is 23.7 Å². The lowest BCUT2D eigenvalue weighted by Crippen LogP contribution is -2.64. The third-order valence-electron chi connectivity index (χ3n) is 5.78. The lowest BCUT2D eigenvalue weighted by molar-refractivity contribution is -0.282. The Morgan fingerprint density at radius 3 is 2.47 bits per heavy atom. The minimum absolute atomic E-state index is 0.00751. The first-order valence-electron chi connectivity index (χ1n) is 10.5. The SMILES string of the molecule is Cc1nn(C)c(C)c1S(=O)(=O)N1CCOC2(CN(C(=O)COc3ccccc3)CCO2)C1. The van der Waals surface area contributed by atoms with Crippen molar-refractivity contribution in [3.63, 3.8) is 0 Å². The minimum Gasteiger partial charge on any atom is -0.484 e. The van der Waals surface area contributed by atoms with Gasteiger partial charge in [-0.3, -0.25) is 9.48 Å². The number of amides is 1. The summed E-state index contributed by atoms with van der Waals surface area (Å²) >= 11 is 0. The van der Waals surface area contributed by atoms with Gasteiger partial charge in [0.15, 0.2) is 12.4 Å². The summed E-state index contributed by atoms with van der Waals surface area (Å²) in [5.74, 6) is -0.813. The van der Waals surface area contributed by atoms with E-state index >= 15 is 0 Å². The number of hydrogen-bond acceptors (Lipinski definition) is 7. The van der Waals surface area contributed by atoms with Crippen LogP contribution in [0.2, 0.25) is 0 Å². The number of aromatic nitrogens is 2. The zero-order valence-electron chi connectivity index (χ0n) is 18.5. The molecule has 0 aliphatic carbocycles. The zero-order chi connectivity index (χ0) is 22.9. The average Bonchev–Trinajstić information content (AvgIpc) is 3.04. The van der Waals surface area contributed by atoms with Crippen molar-refractivity contribution >= 4 is 15.9 Å². The number of ether oxygens (including phenoxy) is 3. The van der Waals surface area contributed by atoms with Gasteiger partial charge in [0, 0.05) is 20.1 Å². The van der Waals surface area contributed by atoms with Gasteiger partial charge in [-0.15, -0.1) is 0 Å². The van der Waals surface area contributed by atoms with Gasteiger partial charge in [0.05, 0.1) is 37.7 Å². The van der Waals surface area contributed by atoms with E-state index < -0.39 is 15.8 Å². The zero-order valence-corrected chi connectivity index (χ0v) is 19.3. The summed E-state index contributed by atoms with van der Waals surface area (Å²) < 4.78 is 47.1. The lowest BCUT2D eigenvalue weighted by atomic mass is 10.2. The number of sulfonamides is 1. The van der Waals surface area contributed by atoms with Crippen molar-refractivity contribution in [2.24, 2.45) is 7.05 Å². The molecular weight excluding hydrogens is 436 g/mol. The summed E-state index contributed by atoms with van der Waals surface area (Å²) in [4.78, 5) is 14.5. The van der Waals surface area contributed by atoms with Crippen LogP contribution in [0.15, 0.2) is 35.2 Å². The summed E-state index contributed by atoms with van der Waals surface area (Å²) in [6, 6.07) is 9.10. The van der Waals surface area contributed by atoms with Crippen LogP contribution in [-0.2, 0) is 31.3 Å². The van der Waals surface area contributed by atoms with Crippen LogP contribution in [0.25, 0.3) is 0 Å². The Kier molecular flexibility index (Phi) is 6.26. The Balaban J connectivity index is 1.47. The fourth-order valence-corrected chi connectivity index (χ4v) is 5.95. The first-order chi connectivity index (χ1) is 15.2. The van der Waals surface area contributed by atoms with Gasteiger partial charge in [-0.25, -0.2) is 8.42 Å². The van der Waals surface area contributed by atoms with Gasteiger partial charge in [0.2, 0.25) is 10.0 Å². The monoisotopic (exact) mass is 464 g/mol. The van der Waals surface area contributed by atoms with Crippen LogP contribution in [0.1, 0.15) is 11.4 Å². The first kappa shape index (κ1) is 22.7. The van der Waals surface area contributed by atoms with E-state index in [4.69, 9.17) is 14.2 Å². The molecular formula is C21H28N4O6S. The van der Waals surface area contributed by atoms with E-state index in [9.17, 15) is 13.2 Å². The van der Waals surface area contributed by atoms with Crippen LogP contribution in [-0.4, -0.2) is 85.1 Å². The van der Waals surface area contributed by atoms with Gasteiger partial charge in [-0.1, -0.05) is 18.2 Å². The number of nitrogens with zero attached hydrogens (tertiary/aromatic N) is 4. The maximum Gasteiger partial charge on any atom is 0.260 e. The Bertz CT molecular complexity index is 1080. The standard InChI is InChI=1S/C21H28N4O6S/c1-16-20(17(2)23(3)22-16)32(27,28)25-10-12-31-21(15-25)14-24(9-11-30-21)19(26)13-29-18-7-5-4-6-8-18/h4-8H,9-15H2,1-3H3. The van der Waals surface area contributed by atoms with E-state index in [1.807, 2.05) is 18.2 Å². The number of aryl methyl sites for hydroxylation is 2. The van der Waals surface area contributed by atoms with E-state index in [0.717, 1.165) is 0 Å². The topological polar surface area (TPSA) is 103 Å². The number of carbonyl (C=O) groups excluding carboxylic acids is 1. The van der Waals surface area contributed by atoms with Gasteiger partial charge in [-0.2, -0.15) is 9.40 Å². The van der Waals surface area contributed by atoms with Crippen molar-refractivity contribution in [2.45, 2.75) is 24.5 Å². The molecule has 0 saturated carbocycles. The highest BCUT2D eigenvalue weighted by molar-refractivity contribution is 7.89. The van der Waals surface area contributed by atoms with Gasteiger partial charge in [0.25, 0.3) is 5.91 Å². The molecule has 0 N–H and O–H groups in total. The summed E-state index contributed by atoms with van der Waals surface area (Å²) in [5.41, 5.74) is 1.02. The number of carbonyl (C=O) groups is 1. The molecule has 32 heavy (non-hydrogen) atoms. The molecule has 1 amide bonds. The fraction of sp³-hybridized carbons (Fsp3) is 0.524. The van der Waals surface area contributed by atoms with Crippen molar-refractivity contribution < 1.29 is 27.4 Å². The highest BCUT2D eigenvalue weighted by atomic mass is 32.2. The quantitative estimate of drug-likeness (QED) is 0.641. The highest BCUT2D eigenvalue weighted by Crippen LogP contribution is 2.30. The van der Waals surface area contributed by atoms with Crippen molar-refractivity contribution in [3.8, 4) is 5.75 Å². The number of rotatable bonds is 5. The molecule has 0 radical (unpaired) electrons. The van der Waals surface area contributed by atoms with Crippen LogP contribution < -0.4 is 4.74 Å². The second-order valence-corrected chi connectivity index (χ2v) is 9.86. The molecule has 1 aromatic carbocycles. The van der Waals surface area contributed by atoms with Gasteiger partial charge in [-0.05, 0) is 26.0 Å². The highest BCUT2D eigenvalue weighted by Gasteiger charge is 2.47. The molecule has 2 fully saturated rings. The molecule has 1 atom stereocenters. The number of benzene rings is 1. The molecule has 1 unspecified atom stereocenters. The summed E-state index contributed by atoms with van der Waals surface area (Å²) in [6.07, 6.45) is 0. The molecule has 174 valence electrons. The molecule has 1 spiro atoms. The van der Waals surface area contributed by atoms with Crippen LogP contribution in [0.5, 0.6) is 5.75 Å². The summed E-state index contributed by atoms with van der Waals surface area (Å²) in [7, 11) is -2.08. The van der Waals surface area contributed by atoms with Crippen molar-refractivity contribution in [2.75, 3.05) is 46.0 Å². The van der Waals surface area contributed by atoms with Crippen molar-refractivity contribution in [1.82, 2.24) is 19.0 Å². The van der Waals surface area contributed by atoms with Crippen LogP contribution >= 0.6 is 0 Å². The molecule has 0 bridgehead atoms. The normalized spacial score (nSPS) is 22.3. The second kappa shape index (κ2) is 8.81. The van der Waals surface area contributed by atoms with Gasteiger partial charge in [0.1, 0.15) is 10.6 Å². The Labute approximate surface area is 187 Å². The van der Waals surface area contributed by atoms with Crippen molar-refractivity contribution in [1.29, 1.82) is 0 Å². The third kappa shape index (κ3) is 4.38. The number of morpholine rings is 2. The summed E-state index contributed by atoms with van der Waals surface area (Å²) in [6.45, 7) is 4.41. The van der Waals surface area contributed by atoms with Gasteiger partial charge < -0.3 is 19.1 Å². The smallest absolute Gasteiger partial charge is 0.260 e. The number of para-hydroxylation sites is 1. The Morgan fingerprint density at radius 2 is 1.81 bits per heavy atom. The van der Waals surface area contributed by atoms with E-state index in [-0.39, 0.29) is 50.3 Å². The molecule has 2 saturated heterocycles. The van der Waals surface area contributed by atoms with Crippen LogP contribution in [0.3, 0.4) is 0 Å². The van der Waals surface area contributed by atoms with E-state index in [1.165, 1.54) is 4.31 Å². The first-order valence-corrected chi connectivity index (χ1v) is 11.9. The molecule has 10 nitrogen and oxygen atoms in total. The fourth-order valence-electron chi connectivity index (χ4n) is 4.09. The molecule has 4 rings (SSSR count). The molecule has 2 aliphatic heterocycles. The minimum atomic E-state index is -3.80. The molecule has 1 aromatic heterocycles. The molecule has 3 heterocycles. The van der Waals surface area contributed by atoms with E-state index in [1.54, 1.807) is 42.6 Å². The maximum absolute atomic E-state index is 13.4. The third-order valence-corrected chi connectivity index (χ3v) is 7.88. The second-order valence-electron chi connectivity index (χ2n) is 7.99. The molecule has 11 heteroatoms. The number of hydrogen-bond donors (Lipinski definition) is 0. The van der Waals surface area contributed by atoms with Crippen molar-refractivity contribution in [3.05, 3.63) is 41.7 Å². The van der Waals surface area contributed by atoms with Crippen LogP contribution in [0, 0.1) is 13.8 Å². The Hall–Kier alpha value is -2.47. The molecule has 2 aliphatic rings. The van der Waals surface area contributed by atoms with Crippen LogP contribution in [0.4, 0.5) is 0 Å². The predicted octanol–water partition coefficient (Wildman–Crippen LogP) is 0.692. The Morgan fingerprint density at radius 1 is 1.12 bits per heavy atom. The predicted molar refractivity (Wildman–Crippen MR) is 115 cm³/mol. The van der Waals surface area contributed by atoms with Gasteiger partial charge >= 0.3 is 0 Å². The average molecular weight is 465 g/mol. The maximum atomic E-state index is 13.4. The molecule has 2 aromatic rings. The van der Waals surface area contributed by atoms with E-state index in [2.05, 4.69) is 5.10 Å². The largest absolute Gasteiger partial charge is 0.484 e.